The maximum absolute atomic E-state index is 13.8. The number of hydrogen-bond donors (Lipinski definition) is 3. The highest BCUT2D eigenvalue weighted by Crippen LogP contribution is 2.58. The number of ketones is 2. The number of aryl methyl sites for hydroxylation is 2. The second-order valence-electron chi connectivity index (χ2n) is 8.83. The highest BCUT2D eigenvalue weighted by molar-refractivity contribution is 6.45. The smallest absolute Gasteiger partial charge is 0.293 e. The zero-order valence-electron chi connectivity index (χ0n) is 18.4. The normalized spacial score (nSPS) is 22.1. The fourth-order valence-electron chi connectivity index (χ4n) is 5.11. The van der Waals surface area contributed by atoms with Crippen LogP contribution in [-0.4, -0.2) is 27.6 Å². The van der Waals surface area contributed by atoms with E-state index in [4.69, 9.17) is 4.74 Å². The van der Waals surface area contributed by atoms with Crippen LogP contribution in [0.1, 0.15) is 43.0 Å². The van der Waals surface area contributed by atoms with Crippen molar-refractivity contribution in [3.8, 4) is 5.75 Å². The van der Waals surface area contributed by atoms with Crippen molar-refractivity contribution in [1.29, 1.82) is 0 Å². The Morgan fingerprint density at radius 1 is 0.971 bits per heavy atom. The van der Waals surface area contributed by atoms with E-state index in [1.54, 1.807) is 54.6 Å². The first-order chi connectivity index (χ1) is 16.3. The Bertz CT molecular complexity index is 1570. The fraction of sp³-hybridized carbons (Fsp3) is 0.148. The van der Waals surface area contributed by atoms with Crippen molar-refractivity contribution in [2.45, 2.75) is 25.2 Å². The van der Waals surface area contributed by atoms with Gasteiger partial charge in [0.25, 0.3) is 17.5 Å². The molecule has 0 radical (unpaired) electrons. The number of amides is 1. The van der Waals surface area contributed by atoms with Crippen LogP contribution in [0.25, 0.3) is 10.9 Å². The number of fused-ring (bicyclic) bond motifs is 6. The van der Waals surface area contributed by atoms with E-state index in [0.717, 1.165) is 11.1 Å². The summed E-state index contributed by atoms with van der Waals surface area (Å²) in [5.41, 5.74) is 1.43. The third kappa shape index (κ3) is 2.36. The second-order valence-corrected chi connectivity index (χ2v) is 8.83. The lowest BCUT2D eigenvalue weighted by Gasteiger charge is -2.34. The third-order valence-corrected chi connectivity index (χ3v) is 6.98. The van der Waals surface area contributed by atoms with Gasteiger partial charge in [0.1, 0.15) is 5.75 Å². The number of aromatic amines is 1. The minimum absolute atomic E-state index is 0.176. The van der Waals surface area contributed by atoms with Gasteiger partial charge in [0, 0.05) is 33.8 Å². The van der Waals surface area contributed by atoms with E-state index in [9.17, 15) is 19.5 Å². The maximum Gasteiger partial charge on any atom is 0.293 e. The lowest BCUT2D eigenvalue weighted by atomic mass is 9.81. The predicted octanol–water partition coefficient (Wildman–Crippen LogP) is 3.41. The van der Waals surface area contributed by atoms with Gasteiger partial charge in [-0.25, -0.2) is 0 Å². The first-order valence-corrected chi connectivity index (χ1v) is 10.9. The number of benzene rings is 3. The average molecular weight is 452 g/mol. The molecule has 3 aromatic carbocycles. The number of rotatable bonds is 3. The summed E-state index contributed by atoms with van der Waals surface area (Å²) in [4.78, 5) is 43.5. The van der Waals surface area contributed by atoms with E-state index in [-0.39, 0.29) is 22.4 Å². The van der Waals surface area contributed by atoms with Crippen molar-refractivity contribution in [2.75, 3.05) is 0 Å². The van der Waals surface area contributed by atoms with Gasteiger partial charge in [-0.3, -0.25) is 14.4 Å². The van der Waals surface area contributed by atoms with Crippen LogP contribution in [0.5, 0.6) is 5.75 Å². The third-order valence-electron chi connectivity index (χ3n) is 6.98. The summed E-state index contributed by atoms with van der Waals surface area (Å²) >= 11 is 0. The molecule has 34 heavy (non-hydrogen) atoms. The molecule has 0 fully saturated rings. The highest BCUT2D eigenvalue weighted by atomic mass is 16.6. The van der Waals surface area contributed by atoms with Gasteiger partial charge in [0.05, 0.1) is 5.56 Å². The van der Waals surface area contributed by atoms with Gasteiger partial charge in [-0.2, -0.15) is 0 Å². The van der Waals surface area contributed by atoms with E-state index in [1.165, 1.54) is 6.20 Å². The summed E-state index contributed by atoms with van der Waals surface area (Å²) < 4.78 is 6.00. The molecule has 1 aromatic heterocycles. The number of ether oxygens (including phenoxy) is 1. The minimum Gasteiger partial charge on any atom is -0.454 e. The Morgan fingerprint density at radius 2 is 1.68 bits per heavy atom. The van der Waals surface area contributed by atoms with Crippen molar-refractivity contribution in [3.05, 3.63) is 100 Å². The maximum atomic E-state index is 13.8. The monoisotopic (exact) mass is 452 g/mol. The Labute approximate surface area is 194 Å². The molecule has 3 N–H and O–H groups in total. The second kappa shape index (κ2) is 6.65. The molecule has 0 spiro atoms. The lowest BCUT2D eigenvalue weighted by Crippen LogP contribution is -2.61. The van der Waals surface area contributed by atoms with Crippen molar-refractivity contribution >= 4 is 28.4 Å². The van der Waals surface area contributed by atoms with Gasteiger partial charge in [-0.15, -0.1) is 0 Å². The van der Waals surface area contributed by atoms with Crippen LogP contribution in [0.4, 0.5) is 0 Å². The zero-order valence-corrected chi connectivity index (χ0v) is 18.4. The lowest BCUT2D eigenvalue weighted by molar-refractivity contribution is -0.174. The summed E-state index contributed by atoms with van der Waals surface area (Å²) in [6.45, 7) is 3.75. The number of para-hydroxylation sites is 1. The number of carbonyl (C=O) groups is 3. The molecule has 4 aromatic rings. The van der Waals surface area contributed by atoms with Gasteiger partial charge in [-0.05, 0) is 43.2 Å². The topological polar surface area (TPSA) is 108 Å². The highest BCUT2D eigenvalue weighted by Gasteiger charge is 2.71. The summed E-state index contributed by atoms with van der Waals surface area (Å²) in [6.07, 6.45) is 1.47. The van der Waals surface area contributed by atoms with Crippen LogP contribution in [-0.2, 0) is 16.1 Å². The fourth-order valence-corrected chi connectivity index (χ4v) is 5.11. The molecule has 2 aliphatic rings. The van der Waals surface area contributed by atoms with Gasteiger partial charge >= 0.3 is 0 Å². The van der Waals surface area contributed by atoms with E-state index in [0.29, 0.717) is 16.5 Å². The molecule has 6 rings (SSSR count). The number of Topliss-reactive ketones (excluding diaryl/α,β-unsaturated/α-hetero) is 2. The number of H-pyrrole nitrogens is 1. The van der Waals surface area contributed by atoms with Crippen LogP contribution in [0.2, 0.25) is 0 Å². The number of nitrogens with one attached hydrogen (secondary N) is 2. The molecular formula is C27H20N2O5. The largest absolute Gasteiger partial charge is 0.454 e. The minimum atomic E-state index is -2.20. The Balaban J connectivity index is 1.51. The van der Waals surface area contributed by atoms with E-state index < -0.39 is 28.8 Å². The molecule has 0 bridgehead atoms. The molecule has 1 amide bonds. The average Bonchev–Trinajstić information content (AvgIpc) is 3.42. The van der Waals surface area contributed by atoms with Crippen molar-refractivity contribution in [1.82, 2.24) is 10.3 Å². The number of carbonyl (C=O) groups excluding carboxylic acids is 3. The predicted molar refractivity (Wildman–Crippen MR) is 124 cm³/mol. The molecule has 0 saturated carbocycles. The number of hydrogen-bond acceptors (Lipinski definition) is 5. The van der Waals surface area contributed by atoms with E-state index in [1.807, 2.05) is 19.9 Å². The van der Waals surface area contributed by atoms with Gasteiger partial charge in [0.2, 0.25) is 11.3 Å². The summed E-state index contributed by atoms with van der Waals surface area (Å²) in [7, 11) is 0. The molecule has 168 valence electrons. The van der Waals surface area contributed by atoms with Gasteiger partial charge in [0.15, 0.2) is 0 Å². The molecule has 0 saturated heterocycles. The molecule has 1 aliphatic carbocycles. The van der Waals surface area contributed by atoms with Crippen LogP contribution in [0.15, 0.2) is 66.9 Å². The standard InChI is InChI=1S/C27H20N2O5/c1-14-11-20-22(12-15(14)2)34-27(33)19-9-5-3-8-17(19)24(31)26(20,27)29-25(32)23(30)18-13-28-21-10-6-4-7-16(18)21/h3-13,28,33H,1-2H3,(H,29,32). The Morgan fingerprint density at radius 3 is 2.50 bits per heavy atom. The SMILES string of the molecule is Cc1cc2c(cc1C)C1(NC(=O)C(=O)c3c[nH]c4ccccc34)C(=O)c3ccccc3C1(O)O2. The summed E-state index contributed by atoms with van der Waals surface area (Å²) in [6, 6.07) is 17.1. The number of aliphatic hydroxyl groups is 1. The van der Waals surface area contributed by atoms with Crippen LogP contribution >= 0.6 is 0 Å². The molecular weight excluding hydrogens is 432 g/mol. The molecule has 2 heterocycles. The van der Waals surface area contributed by atoms with Gasteiger partial charge < -0.3 is 20.1 Å². The van der Waals surface area contributed by atoms with Gasteiger partial charge in [-0.1, -0.05) is 42.5 Å². The van der Waals surface area contributed by atoms with Crippen LogP contribution in [0, 0.1) is 13.8 Å². The zero-order chi connectivity index (χ0) is 23.8. The van der Waals surface area contributed by atoms with Crippen molar-refractivity contribution in [2.24, 2.45) is 0 Å². The first-order valence-electron chi connectivity index (χ1n) is 10.9. The summed E-state index contributed by atoms with van der Waals surface area (Å²) in [5.74, 6) is -4.28. The molecule has 2 atom stereocenters. The van der Waals surface area contributed by atoms with Crippen molar-refractivity contribution < 1.29 is 24.2 Å². The quantitative estimate of drug-likeness (QED) is 0.326. The summed E-state index contributed by atoms with van der Waals surface area (Å²) in [5, 5.41) is 15.1. The molecule has 1 aliphatic heterocycles. The number of aromatic nitrogens is 1. The first kappa shape index (κ1) is 20.4. The van der Waals surface area contributed by atoms with Crippen LogP contribution < -0.4 is 10.1 Å². The van der Waals surface area contributed by atoms with E-state index in [2.05, 4.69) is 10.3 Å². The van der Waals surface area contributed by atoms with Crippen molar-refractivity contribution in [3.63, 3.8) is 0 Å². The Hall–Kier alpha value is -4.23. The Kier molecular flexibility index (Phi) is 3.99. The molecule has 2 unspecified atom stereocenters. The van der Waals surface area contributed by atoms with E-state index >= 15 is 0 Å². The molecule has 7 heteroatoms. The van der Waals surface area contributed by atoms with Crippen LogP contribution in [0.3, 0.4) is 0 Å². The molecule has 7 nitrogen and oxygen atoms in total.